The number of hydrogen-bond acceptors (Lipinski definition) is 3. The Kier molecular flexibility index (Phi) is 3.47. The van der Waals surface area contributed by atoms with Crippen LogP contribution >= 0.6 is 0 Å². The minimum absolute atomic E-state index is 0.0232. The topological polar surface area (TPSA) is 36.7 Å². The van der Waals surface area contributed by atoms with E-state index in [-0.39, 0.29) is 5.91 Å². The number of carbonyl (C=O) groups is 1. The first-order valence-corrected chi connectivity index (χ1v) is 7.92. The van der Waals surface area contributed by atoms with Gasteiger partial charge in [0.2, 0.25) is 0 Å². The van der Waals surface area contributed by atoms with Crippen LogP contribution in [-0.4, -0.2) is 41.4 Å². The monoisotopic (exact) mass is 296 g/mol. The fraction of sp³-hybridized carbons (Fsp3) is 0.389. The van der Waals surface area contributed by atoms with E-state index in [1.807, 2.05) is 11.0 Å². The Morgan fingerprint density at radius 3 is 2.77 bits per heavy atom. The summed E-state index contributed by atoms with van der Waals surface area (Å²) in [6.45, 7) is 3.80. The van der Waals surface area contributed by atoms with Gasteiger partial charge in [0.1, 0.15) is 0 Å². The minimum Gasteiger partial charge on any atom is -0.459 e. The molecule has 2 atom stereocenters. The fourth-order valence-electron chi connectivity index (χ4n) is 3.65. The number of amides is 1. The molecule has 2 fully saturated rings. The maximum absolute atomic E-state index is 12.4. The Morgan fingerprint density at radius 2 is 2.00 bits per heavy atom. The average molecular weight is 296 g/mol. The Bertz CT molecular complexity index is 638. The molecule has 1 aromatic carbocycles. The molecule has 0 radical (unpaired) electrons. The molecule has 0 unspecified atom stereocenters. The predicted octanol–water partition coefficient (Wildman–Crippen LogP) is 2.63. The maximum Gasteiger partial charge on any atom is 0.289 e. The van der Waals surface area contributed by atoms with E-state index < -0.39 is 0 Å². The van der Waals surface area contributed by atoms with Gasteiger partial charge < -0.3 is 9.32 Å². The van der Waals surface area contributed by atoms with Gasteiger partial charge in [-0.05, 0) is 30.0 Å². The van der Waals surface area contributed by atoms with E-state index in [4.69, 9.17) is 4.42 Å². The quantitative estimate of drug-likeness (QED) is 0.873. The summed E-state index contributed by atoms with van der Waals surface area (Å²) in [5.41, 5.74) is 1.34. The molecule has 4 nitrogen and oxygen atoms in total. The SMILES string of the molecule is O=C(c1ccco1)N1CC[C@@H]2CN(Cc3ccccc3)[C@@H]2C1. The minimum atomic E-state index is 0.0232. The van der Waals surface area contributed by atoms with Crippen molar-refractivity contribution in [3.63, 3.8) is 0 Å². The van der Waals surface area contributed by atoms with Gasteiger partial charge in [-0.1, -0.05) is 30.3 Å². The number of nitrogens with zero attached hydrogens (tertiary/aromatic N) is 2. The molecule has 22 heavy (non-hydrogen) atoms. The molecule has 2 saturated heterocycles. The van der Waals surface area contributed by atoms with Crippen LogP contribution in [0.2, 0.25) is 0 Å². The molecular formula is C18H20N2O2. The van der Waals surface area contributed by atoms with Crippen LogP contribution in [0.3, 0.4) is 0 Å². The van der Waals surface area contributed by atoms with Crippen molar-refractivity contribution in [1.82, 2.24) is 9.80 Å². The Balaban J connectivity index is 1.41. The van der Waals surface area contributed by atoms with E-state index >= 15 is 0 Å². The van der Waals surface area contributed by atoms with Crippen LogP contribution in [0.5, 0.6) is 0 Å². The second-order valence-corrected chi connectivity index (χ2v) is 6.26. The number of carbonyl (C=O) groups excluding carboxylic acids is 1. The summed E-state index contributed by atoms with van der Waals surface area (Å²) in [4.78, 5) is 16.8. The zero-order valence-corrected chi connectivity index (χ0v) is 12.5. The summed E-state index contributed by atoms with van der Waals surface area (Å²) in [5, 5.41) is 0. The molecule has 2 aliphatic rings. The smallest absolute Gasteiger partial charge is 0.289 e. The lowest BCUT2D eigenvalue weighted by Crippen LogP contribution is -2.64. The highest BCUT2D eigenvalue weighted by atomic mass is 16.3. The number of benzene rings is 1. The van der Waals surface area contributed by atoms with Crippen molar-refractivity contribution in [1.29, 1.82) is 0 Å². The van der Waals surface area contributed by atoms with E-state index in [0.29, 0.717) is 11.8 Å². The van der Waals surface area contributed by atoms with Gasteiger partial charge in [-0.15, -0.1) is 0 Å². The molecule has 114 valence electrons. The third-order valence-corrected chi connectivity index (χ3v) is 4.91. The van der Waals surface area contributed by atoms with Crippen molar-refractivity contribution in [3.05, 3.63) is 60.1 Å². The molecule has 3 heterocycles. The molecule has 2 aliphatic heterocycles. The Hall–Kier alpha value is -2.07. The second kappa shape index (κ2) is 5.61. The molecule has 1 amide bonds. The number of rotatable bonds is 3. The van der Waals surface area contributed by atoms with Gasteiger partial charge >= 0.3 is 0 Å². The van der Waals surface area contributed by atoms with Gasteiger partial charge in [-0.3, -0.25) is 9.69 Å². The van der Waals surface area contributed by atoms with Crippen molar-refractivity contribution < 1.29 is 9.21 Å². The maximum atomic E-state index is 12.4. The summed E-state index contributed by atoms with van der Waals surface area (Å²) in [5.74, 6) is 1.21. The molecule has 2 aromatic rings. The molecular weight excluding hydrogens is 276 g/mol. The zero-order chi connectivity index (χ0) is 14.9. The van der Waals surface area contributed by atoms with Crippen LogP contribution in [-0.2, 0) is 6.54 Å². The van der Waals surface area contributed by atoms with Crippen molar-refractivity contribution in [3.8, 4) is 0 Å². The van der Waals surface area contributed by atoms with Crippen LogP contribution in [0.1, 0.15) is 22.5 Å². The molecule has 4 heteroatoms. The van der Waals surface area contributed by atoms with Crippen molar-refractivity contribution >= 4 is 5.91 Å². The highest BCUT2D eigenvalue weighted by Gasteiger charge is 2.43. The third kappa shape index (κ3) is 2.44. The van der Waals surface area contributed by atoms with E-state index in [2.05, 4.69) is 29.2 Å². The largest absolute Gasteiger partial charge is 0.459 e. The second-order valence-electron chi connectivity index (χ2n) is 6.26. The van der Waals surface area contributed by atoms with Crippen molar-refractivity contribution in [2.45, 2.75) is 19.0 Å². The van der Waals surface area contributed by atoms with Crippen LogP contribution < -0.4 is 0 Å². The van der Waals surface area contributed by atoms with Gasteiger partial charge in [0, 0.05) is 32.2 Å². The lowest BCUT2D eigenvalue weighted by molar-refractivity contribution is -0.0433. The number of hydrogen-bond donors (Lipinski definition) is 0. The van der Waals surface area contributed by atoms with Crippen molar-refractivity contribution in [2.24, 2.45) is 5.92 Å². The predicted molar refractivity (Wildman–Crippen MR) is 83.4 cm³/mol. The van der Waals surface area contributed by atoms with Crippen LogP contribution in [0.25, 0.3) is 0 Å². The fourth-order valence-corrected chi connectivity index (χ4v) is 3.65. The van der Waals surface area contributed by atoms with E-state index in [1.165, 1.54) is 5.56 Å². The first kappa shape index (κ1) is 13.6. The van der Waals surface area contributed by atoms with Crippen LogP contribution in [0, 0.1) is 5.92 Å². The van der Waals surface area contributed by atoms with E-state index in [0.717, 1.165) is 38.5 Å². The highest BCUT2D eigenvalue weighted by Crippen LogP contribution is 2.34. The van der Waals surface area contributed by atoms with E-state index in [9.17, 15) is 4.79 Å². The van der Waals surface area contributed by atoms with Crippen LogP contribution in [0.4, 0.5) is 0 Å². The summed E-state index contributed by atoms with van der Waals surface area (Å²) in [6.07, 6.45) is 2.66. The summed E-state index contributed by atoms with van der Waals surface area (Å²) < 4.78 is 5.25. The molecule has 4 rings (SSSR count). The van der Waals surface area contributed by atoms with Crippen molar-refractivity contribution in [2.75, 3.05) is 19.6 Å². The van der Waals surface area contributed by atoms with Gasteiger partial charge in [0.25, 0.3) is 5.91 Å². The van der Waals surface area contributed by atoms with Gasteiger partial charge in [-0.2, -0.15) is 0 Å². The summed E-state index contributed by atoms with van der Waals surface area (Å²) >= 11 is 0. The van der Waals surface area contributed by atoms with Gasteiger partial charge in [-0.25, -0.2) is 0 Å². The summed E-state index contributed by atoms with van der Waals surface area (Å²) in [6, 6.07) is 14.6. The first-order valence-electron chi connectivity index (χ1n) is 7.92. The van der Waals surface area contributed by atoms with Crippen LogP contribution in [0.15, 0.2) is 53.1 Å². The number of piperidine rings is 1. The Morgan fingerprint density at radius 1 is 1.14 bits per heavy atom. The molecule has 1 aromatic heterocycles. The molecule has 0 saturated carbocycles. The lowest BCUT2D eigenvalue weighted by atomic mass is 9.82. The molecule has 0 spiro atoms. The van der Waals surface area contributed by atoms with Gasteiger partial charge in [0.15, 0.2) is 5.76 Å². The number of furan rings is 1. The molecule has 0 N–H and O–H groups in total. The zero-order valence-electron chi connectivity index (χ0n) is 12.5. The highest BCUT2D eigenvalue weighted by molar-refractivity contribution is 5.91. The number of fused-ring (bicyclic) bond motifs is 1. The lowest BCUT2D eigenvalue weighted by Gasteiger charge is -2.53. The Labute approximate surface area is 130 Å². The first-order chi connectivity index (χ1) is 10.8. The normalized spacial score (nSPS) is 24.6. The third-order valence-electron chi connectivity index (χ3n) is 4.91. The van der Waals surface area contributed by atoms with Gasteiger partial charge in [0.05, 0.1) is 6.26 Å². The summed E-state index contributed by atoms with van der Waals surface area (Å²) in [7, 11) is 0. The standard InChI is InChI=1S/C18H20N2O2/c21-18(17-7-4-10-22-17)19-9-8-15-12-20(16(15)13-19)11-14-5-2-1-3-6-14/h1-7,10,15-16H,8-9,11-13H2/t15-,16-/m1/s1. The average Bonchev–Trinajstić information content (AvgIpc) is 3.07. The number of likely N-dealkylation sites (tertiary alicyclic amines) is 2. The molecule has 0 aliphatic carbocycles. The van der Waals surface area contributed by atoms with E-state index in [1.54, 1.807) is 18.4 Å². The molecule has 0 bridgehead atoms.